The smallest absolute Gasteiger partial charge is 0.265 e. The van der Waals surface area contributed by atoms with Crippen molar-refractivity contribution < 1.29 is 19.0 Å². The molecular weight excluding hydrogens is 482 g/mol. The van der Waals surface area contributed by atoms with Gasteiger partial charge in [-0.1, -0.05) is 26.0 Å². The number of hydrogen-bond donors (Lipinski definition) is 1. The fourth-order valence-electron chi connectivity index (χ4n) is 3.96. The monoisotopic (exact) mass is 517 g/mol. The van der Waals surface area contributed by atoms with Crippen LogP contribution in [0.5, 0.6) is 17.2 Å². The minimum atomic E-state index is -0.326. The predicted molar refractivity (Wildman–Crippen MR) is 151 cm³/mol. The number of carbonyl (C=O) groups excluding carboxylic acids is 1. The minimum absolute atomic E-state index is 0.142. The average molecular weight is 518 g/mol. The van der Waals surface area contributed by atoms with Crippen molar-refractivity contribution in [3.05, 3.63) is 82.4 Å². The largest absolute Gasteiger partial charge is 0.490 e. The van der Waals surface area contributed by atoms with Gasteiger partial charge in [0.15, 0.2) is 11.5 Å². The first-order chi connectivity index (χ1) is 18.5. The summed E-state index contributed by atoms with van der Waals surface area (Å²) in [6.07, 6.45) is 0. The minimum Gasteiger partial charge on any atom is -0.490 e. The first kappa shape index (κ1) is 28.2. The molecule has 1 heterocycles. The van der Waals surface area contributed by atoms with E-state index in [0.717, 1.165) is 0 Å². The Morgan fingerprint density at radius 2 is 1.45 bits per heavy atom. The van der Waals surface area contributed by atoms with Crippen molar-refractivity contribution in [3.8, 4) is 22.9 Å². The van der Waals surface area contributed by atoms with Gasteiger partial charge in [-0.25, -0.2) is 4.98 Å². The zero-order valence-electron chi connectivity index (χ0n) is 22.8. The summed E-state index contributed by atoms with van der Waals surface area (Å²) in [6, 6.07) is 17.6. The van der Waals surface area contributed by atoms with E-state index in [-0.39, 0.29) is 11.5 Å². The topological polar surface area (TPSA) is 91.7 Å². The van der Waals surface area contributed by atoms with Crippen molar-refractivity contribution in [2.24, 2.45) is 0 Å². The number of aryl methyl sites for hydroxylation is 1. The Kier molecular flexibility index (Phi) is 9.87. The maximum absolute atomic E-state index is 13.1. The molecule has 0 radical (unpaired) electrons. The highest BCUT2D eigenvalue weighted by Crippen LogP contribution is 2.39. The molecule has 1 aromatic heterocycles. The van der Waals surface area contributed by atoms with Crippen molar-refractivity contribution in [1.82, 2.24) is 9.55 Å². The highest BCUT2D eigenvalue weighted by Gasteiger charge is 2.19. The molecule has 0 aliphatic carbocycles. The van der Waals surface area contributed by atoms with E-state index >= 15 is 0 Å². The van der Waals surface area contributed by atoms with Gasteiger partial charge in [0.05, 0.1) is 36.4 Å². The standard InChI is InChI=1S/C28H29N3O5.C2H6/c1-5-34-24-16-19(17-25(35-6-2)26(24)36-7-3)27(32)30-20-12-14-21(15-13-20)31-18(4)29-23-11-9-8-10-22(23)28(31)33;1-2/h8-17H,5-7H2,1-4H3,(H,30,32);1-2H3. The van der Waals surface area contributed by atoms with Crippen LogP contribution in [0.25, 0.3) is 16.6 Å². The lowest BCUT2D eigenvalue weighted by molar-refractivity contribution is 0.102. The van der Waals surface area contributed by atoms with Gasteiger partial charge in [0.25, 0.3) is 11.5 Å². The van der Waals surface area contributed by atoms with Gasteiger partial charge in [-0.05, 0) is 76.2 Å². The molecule has 8 heteroatoms. The molecule has 8 nitrogen and oxygen atoms in total. The van der Waals surface area contributed by atoms with Crippen molar-refractivity contribution in [2.45, 2.75) is 41.5 Å². The molecule has 0 bridgehead atoms. The van der Waals surface area contributed by atoms with Crippen LogP contribution in [0.2, 0.25) is 0 Å². The predicted octanol–water partition coefficient (Wildman–Crippen LogP) is 6.17. The van der Waals surface area contributed by atoms with E-state index in [4.69, 9.17) is 14.2 Å². The third-order valence-electron chi connectivity index (χ3n) is 5.50. The van der Waals surface area contributed by atoms with E-state index in [1.165, 1.54) is 0 Å². The van der Waals surface area contributed by atoms with Gasteiger partial charge in [-0.2, -0.15) is 0 Å². The lowest BCUT2D eigenvalue weighted by Crippen LogP contribution is -2.22. The molecule has 0 fully saturated rings. The summed E-state index contributed by atoms with van der Waals surface area (Å²) >= 11 is 0. The lowest BCUT2D eigenvalue weighted by Gasteiger charge is -2.17. The van der Waals surface area contributed by atoms with Crippen molar-refractivity contribution in [1.29, 1.82) is 0 Å². The van der Waals surface area contributed by atoms with Gasteiger partial charge in [-0.15, -0.1) is 0 Å². The van der Waals surface area contributed by atoms with Crippen molar-refractivity contribution in [2.75, 3.05) is 25.1 Å². The van der Waals surface area contributed by atoms with Crippen molar-refractivity contribution >= 4 is 22.5 Å². The summed E-state index contributed by atoms with van der Waals surface area (Å²) in [4.78, 5) is 30.7. The van der Waals surface area contributed by atoms with Gasteiger partial charge in [-0.3, -0.25) is 14.2 Å². The number of para-hydroxylation sites is 1. The highest BCUT2D eigenvalue weighted by atomic mass is 16.5. The number of anilines is 1. The van der Waals surface area contributed by atoms with Gasteiger partial charge in [0, 0.05) is 11.3 Å². The number of aromatic nitrogens is 2. The third kappa shape index (κ3) is 6.14. The van der Waals surface area contributed by atoms with E-state index < -0.39 is 0 Å². The molecule has 0 unspecified atom stereocenters. The maximum atomic E-state index is 13.1. The molecule has 0 spiro atoms. The molecule has 0 aliphatic heterocycles. The van der Waals surface area contributed by atoms with E-state index in [1.54, 1.807) is 54.0 Å². The number of ether oxygens (including phenoxy) is 3. The molecule has 0 saturated carbocycles. The summed E-state index contributed by atoms with van der Waals surface area (Å²) in [5.74, 6) is 1.63. The molecule has 200 valence electrons. The molecule has 1 N–H and O–H groups in total. The summed E-state index contributed by atoms with van der Waals surface area (Å²) < 4.78 is 18.7. The van der Waals surface area contributed by atoms with E-state index in [9.17, 15) is 9.59 Å². The average Bonchev–Trinajstić information content (AvgIpc) is 2.92. The highest BCUT2D eigenvalue weighted by molar-refractivity contribution is 6.05. The Bertz CT molecular complexity index is 1420. The second kappa shape index (κ2) is 13.3. The van der Waals surface area contributed by atoms with Crippen LogP contribution < -0.4 is 25.1 Å². The van der Waals surface area contributed by atoms with Crippen LogP contribution in [-0.2, 0) is 0 Å². The normalized spacial score (nSPS) is 10.4. The van der Waals surface area contributed by atoms with Crippen LogP contribution in [0.15, 0.2) is 65.5 Å². The molecule has 3 aromatic carbocycles. The fraction of sp³-hybridized carbons (Fsp3) is 0.300. The number of fused-ring (bicyclic) bond motifs is 1. The van der Waals surface area contributed by atoms with Crippen LogP contribution in [0.3, 0.4) is 0 Å². The number of rotatable bonds is 9. The van der Waals surface area contributed by atoms with Crippen LogP contribution in [-0.4, -0.2) is 35.3 Å². The molecule has 0 aliphatic rings. The molecule has 1 amide bonds. The van der Waals surface area contributed by atoms with E-state index in [1.807, 2.05) is 52.8 Å². The zero-order chi connectivity index (χ0) is 27.7. The van der Waals surface area contributed by atoms with Gasteiger partial charge in [0.2, 0.25) is 5.75 Å². The number of nitrogens with one attached hydrogen (secondary N) is 1. The molecular formula is C30H35N3O5. The van der Waals surface area contributed by atoms with Crippen molar-refractivity contribution in [3.63, 3.8) is 0 Å². The summed E-state index contributed by atoms with van der Waals surface area (Å²) in [6.45, 7) is 12.7. The molecule has 38 heavy (non-hydrogen) atoms. The van der Waals surface area contributed by atoms with E-state index in [2.05, 4.69) is 10.3 Å². The number of hydrogen-bond acceptors (Lipinski definition) is 6. The van der Waals surface area contributed by atoms with Crippen LogP contribution >= 0.6 is 0 Å². The van der Waals surface area contributed by atoms with Crippen LogP contribution in [0.4, 0.5) is 5.69 Å². The van der Waals surface area contributed by atoms with Gasteiger partial charge in [0.1, 0.15) is 5.82 Å². The second-order valence-corrected chi connectivity index (χ2v) is 7.92. The Morgan fingerprint density at radius 1 is 0.868 bits per heavy atom. The summed E-state index contributed by atoms with van der Waals surface area (Å²) in [7, 11) is 0. The zero-order valence-corrected chi connectivity index (χ0v) is 22.8. The molecule has 0 saturated heterocycles. The molecule has 4 rings (SSSR count). The van der Waals surface area contributed by atoms with Crippen LogP contribution in [0.1, 0.15) is 50.8 Å². The molecule has 0 atom stereocenters. The number of amides is 1. The third-order valence-corrected chi connectivity index (χ3v) is 5.50. The summed E-state index contributed by atoms with van der Waals surface area (Å²) in [5.41, 5.74) is 2.13. The SMILES string of the molecule is CC.CCOc1cc(C(=O)Nc2ccc(-n3c(C)nc4ccccc4c3=O)cc2)cc(OCC)c1OCC. The second-order valence-electron chi connectivity index (χ2n) is 7.92. The van der Waals surface area contributed by atoms with E-state index in [0.29, 0.717) is 70.7 Å². The number of carbonyl (C=O) groups is 1. The number of benzene rings is 3. The van der Waals surface area contributed by atoms with Gasteiger partial charge >= 0.3 is 0 Å². The van der Waals surface area contributed by atoms with Gasteiger partial charge < -0.3 is 19.5 Å². The first-order valence-corrected chi connectivity index (χ1v) is 12.9. The quantitative estimate of drug-likeness (QED) is 0.286. The Labute approximate surface area is 223 Å². The molecule has 4 aromatic rings. The maximum Gasteiger partial charge on any atom is 0.265 e. The number of nitrogens with zero attached hydrogens (tertiary/aromatic N) is 2. The summed E-state index contributed by atoms with van der Waals surface area (Å²) in [5, 5.41) is 3.44. The Morgan fingerprint density at radius 3 is 2.03 bits per heavy atom. The first-order valence-electron chi connectivity index (χ1n) is 12.9. The lowest BCUT2D eigenvalue weighted by atomic mass is 10.1. The Balaban J connectivity index is 0.00000195. The Hall–Kier alpha value is -4.33. The fourth-order valence-corrected chi connectivity index (χ4v) is 3.96. The van der Waals surface area contributed by atoms with Crippen LogP contribution in [0, 0.1) is 6.92 Å².